The Kier molecular flexibility index (Phi) is 3.79. The van der Waals surface area contributed by atoms with Crippen molar-refractivity contribution in [3.8, 4) is 0 Å². The van der Waals surface area contributed by atoms with Gasteiger partial charge in [-0.2, -0.15) is 0 Å². The van der Waals surface area contributed by atoms with E-state index in [-0.39, 0.29) is 0 Å². The van der Waals surface area contributed by atoms with Crippen molar-refractivity contribution in [2.75, 3.05) is 18.0 Å². The summed E-state index contributed by atoms with van der Waals surface area (Å²) in [5.74, 6) is 1.67. The second kappa shape index (κ2) is 5.54. The van der Waals surface area contributed by atoms with Crippen LogP contribution in [0, 0.1) is 11.8 Å². The van der Waals surface area contributed by atoms with Crippen LogP contribution in [0.2, 0.25) is 0 Å². The molecule has 1 aromatic rings. The lowest BCUT2D eigenvalue weighted by Crippen LogP contribution is -2.39. The summed E-state index contributed by atoms with van der Waals surface area (Å²) in [5.41, 5.74) is 2.92. The molecule has 1 saturated carbocycles. The average molecular weight is 258 g/mol. The van der Waals surface area contributed by atoms with Gasteiger partial charge in [-0.3, -0.25) is 0 Å². The largest absolute Gasteiger partial charge is 0.371 e. The lowest BCUT2D eigenvalue weighted by atomic mass is 9.88. The molecular weight excluding hydrogens is 232 g/mol. The first kappa shape index (κ1) is 13.0. The highest BCUT2D eigenvalue weighted by Crippen LogP contribution is 2.29. The minimum atomic E-state index is 0.786. The Morgan fingerprint density at radius 3 is 2.63 bits per heavy atom. The van der Waals surface area contributed by atoms with Crippen molar-refractivity contribution in [1.82, 2.24) is 5.32 Å². The smallest absolute Gasteiger partial charge is 0.0411 e. The van der Waals surface area contributed by atoms with Gasteiger partial charge in [0, 0.05) is 31.4 Å². The zero-order chi connectivity index (χ0) is 13.2. The summed E-state index contributed by atoms with van der Waals surface area (Å²) in [6.45, 7) is 8.24. The van der Waals surface area contributed by atoms with Gasteiger partial charge in [0.2, 0.25) is 0 Å². The van der Waals surface area contributed by atoms with Gasteiger partial charge in [-0.25, -0.2) is 0 Å². The molecule has 2 unspecified atom stereocenters. The number of piperidine rings is 1. The minimum Gasteiger partial charge on any atom is -0.371 e. The van der Waals surface area contributed by atoms with Crippen LogP contribution in [-0.2, 0) is 6.54 Å². The maximum absolute atomic E-state index is 3.65. The van der Waals surface area contributed by atoms with Gasteiger partial charge in [0.1, 0.15) is 0 Å². The number of benzene rings is 1. The van der Waals surface area contributed by atoms with Crippen LogP contribution in [0.1, 0.15) is 38.7 Å². The molecule has 1 saturated heterocycles. The molecular formula is C17H26N2. The van der Waals surface area contributed by atoms with E-state index in [1.807, 2.05) is 0 Å². The van der Waals surface area contributed by atoms with E-state index < -0.39 is 0 Å². The van der Waals surface area contributed by atoms with Crippen molar-refractivity contribution in [1.29, 1.82) is 0 Å². The Bertz CT molecular complexity index is 425. The van der Waals surface area contributed by atoms with Gasteiger partial charge in [-0.15, -0.1) is 0 Å². The Morgan fingerprint density at radius 2 is 1.89 bits per heavy atom. The van der Waals surface area contributed by atoms with Gasteiger partial charge in [-0.05, 0) is 42.7 Å². The summed E-state index contributed by atoms with van der Waals surface area (Å²) in [4.78, 5) is 2.59. The molecule has 0 bridgehead atoms. The molecule has 1 heterocycles. The molecule has 3 rings (SSSR count). The zero-order valence-corrected chi connectivity index (χ0v) is 12.2. The first-order chi connectivity index (χ1) is 9.24. The van der Waals surface area contributed by atoms with E-state index in [1.165, 1.54) is 43.6 Å². The van der Waals surface area contributed by atoms with Gasteiger partial charge >= 0.3 is 0 Å². The third kappa shape index (κ3) is 3.11. The SMILES string of the molecule is CC1CCN(c2ccccc2CNC2CC2)CC1C. The Hall–Kier alpha value is -1.02. The van der Waals surface area contributed by atoms with Gasteiger partial charge in [0.25, 0.3) is 0 Å². The number of anilines is 1. The van der Waals surface area contributed by atoms with Crippen molar-refractivity contribution >= 4 is 5.69 Å². The normalized spacial score (nSPS) is 27.6. The molecule has 2 fully saturated rings. The van der Waals surface area contributed by atoms with E-state index in [2.05, 4.69) is 48.3 Å². The fourth-order valence-electron chi connectivity index (χ4n) is 2.99. The quantitative estimate of drug-likeness (QED) is 0.890. The Balaban J connectivity index is 1.71. The molecule has 2 atom stereocenters. The number of rotatable bonds is 4. The molecule has 0 amide bonds. The molecule has 104 valence electrons. The van der Waals surface area contributed by atoms with Gasteiger partial charge < -0.3 is 10.2 Å². The zero-order valence-electron chi connectivity index (χ0n) is 12.2. The number of hydrogen-bond donors (Lipinski definition) is 1. The monoisotopic (exact) mass is 258 g/mol. The fourth-order valence-corrected chi connectivity index (χ4v) is 2.99. The van der Waals surface area contributed by atoms with Crippen LogP contribution in [-0.4, -0.2) is 19.1 Å². The lowest BCUT2D eigenvalue weighted by Gasteiger charge is -2.37. The van der Waals surface area contributed by atoms with Crippen LogP contribution in [0.15, 0.2) is 24.3 Å². The fraction of sp³-hybridized carbons (Fsp3) is 0.647. The maximum atomic E-state index is 3.65. The second-order valence-electron chi connectivity index (χ2n) is 6.47. The van der Waals surface area contributed by atoms with Crippen molar-refractivity contribution in [3.63, 3.8) is 0 Å². The molecule has 2 heteroatoms. The van der Waals surface area contributed by atoms with Crippen molar-refractivity contribution < 1.29 is 0 Å². The Labute approximate surface area is 117 Å². The van der Waals surface area contributed by atoms with E-state index >= 15 is 0 Å². The van der Waals surface area contributed by atoms with Crippen LogP contribution in [0.4, 0.5) is 5.69 Å². The molecule has 19 heavy (non-hydrogen) atoms. The summed E-state index contributed by atoms with van der Waals surface area (Å²) in [6, 6.07) is 9.72. The summed E-state index contributed by atoms with van der Waals surface area (Å²) in [5, 5.41) is 3.65. The van der Waals surface area contributed by atoms with E-state index in [0.717, 1.165) is 24.4 Å². The standard InChI is InChI=1S/C17H26N2/c1-13-9-10-19(12-14(13)2)17-6-4-3-5-15(17)11-18-16-7-8-16/h3-6,13-14,16,18H,7-12H2,1-2H3. The van der Waals surface area contributed by atoms with Gasteiger partial charge in [0.15, 0.2) is 0 Å². The average Bonchev–Trinajstić information content (AvgIpc) is 3.24. The third-order valence-electron chi connectivity index (χ3n) is 4.82. The topological polar surface area (TPSA) is 15.3 Å². The summed E-state index contributed by atoms with van der Waals surface area (Å²) >= 11 is 0. The predicted octanol–water partition coefficient (Wildman–Crippen LogP) is 3.42. The molecule has 1 aromatic carbocycles. The molecule has 0 spiro atoms. The van der Waals surface area contributed by atoms with Crippen LogP contribution < -0.4 is 10.2 Å². The number of para-hydroxylation sites is 1. The highest BCUT2D eigenvalue weighted by atomic mass is 15.1. The molecule has 2 aliphatic rings. The number of hydrogen-bond acceptors (Lipinski definition) is 2. The van der Waals surface area contributed by atoms with Crippen LogP contribution in [0.3, 0.4) is 0 Å². The van der Waals surface area contributed by atoms with E-state index in [0.29, 0.717) is 0 Å². The van der Waals surface area contributed by atoms with Gasteiger partial charge in [0.05, 0.1) is 0 Å². The molecule has 1 N–H and O–H groups in total. The van der Waals surface area contributed by atoms with E-state index in [1.54, 1.807) is 0 Å². The van der Waals surface area contributed by atoms with Crippen LogP contribution >= 0.6 is 0 Å². The summed E-state index contributed by atoms with van der Waals surface area (Å²) in [6.07, 6.45) is 4.05. The molecule has 1 aliphatic carbocycles. The van der Waals surface area contributed by atoms with Gasteiger partial charge in [-0.1, -0.05) is 32.0 Å². The van der Waals surface area contributed by atoms with Crippen molar-refractivity contribution in [3.05, 3.63) is 29.8 Å². The Morgan fingerprint density at radius 1 is 1.11 bits per heavy atom. The molecule has 2 nitrogen and oxygen atoms in total. The first-order valence-corrected chi connectivity index (χ1v) is 7.80. The number of nitrogens with zero attached hydrogens (tertiary/aromatic N) is 1. The predicted molar refractivity (Wildman–Crippen MR) is 81.5 cm³/mol. The lowest BCUT2D eigenvalue weighted by molar-refractivity contribution is 0.323. The number of nitrogens with one attached hydrogen (secondary N) is 1. The van der Waals surface area contributed by atoms with E-state index in [9.17, 15) is 0 Å². The maximum Gasteiger partial charge on any atom is 0.0411 e. The van der Waals surface area contributed by atoms with Crippen LogP contribution in [0.25, 0.3) is 0 Å². The van der Waals surface area contributed by atoms with Crippen molar-refractivity contribution in [2.45, 2.75) is 45.7 Å². The molecule has 0 aromatic heterocycles. The van der Waals surface area contributed by atoms with E-state index in [4.69, 9.17) is 0 Å². The highest BCUT2D eigenvalue weighted by Gasteiger charge is 2.25. The summed E-state index contributed by atoms with van der Waals surface area (Å²) < 4.78 is 0. The minimum absolute atomic E-state index is 0.786. The van der Waals surface area contributed by atoms with Crippen LogP contribution in [0.5, 0.6) is 0 Å². The second-order valence-corrected chi connectivity index (χ2v) is 6.47. The van der Waals surface area contributed by atoms with Crippen molar-refractivity contribution in [2.24, 2.45) is 11.8 Å². The first-order valence-electron chi connectivity index (χ1n) is 7.80. The molecule has 1 aliphatic heterocycles. The third-order valence-corrected chi connectivity index (χ3v) is 4.82. The molecule has 0 radical (unpaired) electrons. The highest BCUT2D eigenvalue weighted by molar-refractivity contribution is 5.54. The summed E-state index contributed by atoms with van der Waals surface area (Å²) in [7, 11) is 0.